The van der Waals surface area contributed by atoms with Gasteiger partial charge in [-0.2, -0.15) is 0 Å². The molecule has 18 heavy (non-hydrogen) atoms. The van der Waals surface area contributed by atoms with E-state index < -0.39 is 0 Å². The molecule has 2 atom stereocenters. The molecule has 0 bridgehead atoms. The van der Waals surface area contributed by atoms with Crippen molar-refractivity contribution >= 4 is 5.82 Å². The van der Waals surface area contributed by atoms with Crippen LogP contribution in [0.4, 0.5) is 5.82 Å². The lowest BCUT2D eigenvalue weighted by Crippen LogP contribution is -2.31. The second-order valence-corrected chi connectivity index (χ2v) is 5.16. The van der Waals surface area contributed by atoms with Gasteiger partial charge in [-0.05, 0) is 19.8 Å². The van der Waals surface area contributed by atoms with Gasteiger partial charge in [-0.15, -0.1) is 0 Å². The summed E-state index contributed by atoms with van der Waals surface area (Å²) in [6, 6.07) is 1.67. The molecule has 5 nitrogen and oxygen atoms in total. The molecule has 2 rings (SSSR count). The van der Waals surface area contributed by atoms with Crippen molar-refractivity contribution in [3.05, 3.63) is 22.2 Å². The highest BCUT2D eigenvalue weighted by Crippen LogP contribution is 2.18. The summed E-state index contributed by atoms with van der Waals surface area (Å²) >= 11 is 0. The van der Waals surface area contributed by atoms with Crippen LogP contribution < -0.4 is 10.9 Å². The van der Waals surface area contributed by atoms with Crippen LogP contribution in [0, 0.1) is 0 Å². The molecule has 1 saturated heterocycles. The van der Waals surface area contributed by atoms with Crippen molar-refractivity contribution in [3.8, 4) is 0 Å². The SMILES string of the molecule is CC(C)c1nc(NC(C)C2CCCO2)cc(=O)[nH]1. The Morgan fingerprint density at radius 2 is 2.28 bits per heavy atom. The largest absolute Gasteiger partial charge is 0.376 e. The fraction of sp³-hybridized carbons (Fsp3) is 0.692. The number of aromatic nitrogens is 2. The van der Waals surface area contributed by atoms with Crippen LogP contribution in [0.2, 0.25) is 0 Å². The van der Waals surface area contributed by atoms with Crippen LogP contribution in [0.15, 0.2) is 10.9 Å². The quantitative estimate of drug-likeness (QED) is 0.857. The first-order chi connectivity index (χ1) is 8.56. The number of nitrogens with zero attached hydrogens (tertiary/aromatic N) is 1. The van der Waals surface area contributed by atoms with Gasteiger partial charge in [0.25, 0.3) is 5.56 Å². The van der Waals surface area contributed by atoms with E-state index in [0.29, 0.717) is 11.6 Å². The topological polar surface area (TPSA) is 67.0 Å². The van der Waals surface area contributed by atoms with Gasteiger partial charge < -0.3 is 15.0 Å². The predicted octanol–water partition coefficient (Wildman–Crippen LogP) is 1.87. The third-order valence-electron chi connectivity index (χ3n) is 3.20. The van der Waals surface area contributed by atoms with Gasteiger partial charge in [0, 0.05) is 18.6 Å². The first kappa shape index (κ1) is 13.1. The van der Waals surface area contributed by atoms with E-state index in [1.165, 1.54) is 6.07 Å². The number of rotatable bonds is 4. The van der Waals surface area contributed by atoms with E-state index in [1.54, 1.807) is 0 Å². The van der Waals surface area contributed by atoms with E-state index in [9.17, 15) is 4.79 Å². The molecule has 0 spiro atoms. The van der Waals surface area contributed by atoms with Gasteiger partial charge in [0.15, 0.2) is 0 Å². The highest BCUT2D eigenvalue weighted by atomic mass is 16.5. The number of aromatic amines is 1. The van der Waals surface area contributed by atoms with Crippen LogP contribution in [-0.2, 0) is 4.74 Å². The summed E-state index contributed by atoms with van der Waals surface area (Å²) in [5, 5.41) is 3.26. The molecule has 0 radical (unpaired) electrons. The highest BCUT2D eigenvalue weighted by Gasteiger charge is 2.22. The Bertz CT molecular complexity index is 450. The molecule has 2 N–H and O–H groups in total. The van der Waals surface area contributed by atoms with Gasteiger partial charge in [-0.3, -0.25) is 4.79 Å². The number of H-pyrrole nitrogens is 1. The maximum Gasteiger partial charge on any atom is 0.252 e. The number of hydrogen-bond donors (Lipinski definition) is 2. The fourth-order valence-corrected chi connectivity index (χ4v) is 2.15. The monoisotopic (exact) mass is 251 g/mol. The maximum atomic E-state index is 11.6. The summed E-state index contributed by atoms with van der Waals surface area (Å²) in [6.45, 7) is 6.90. The van der Waals surface area contributed by atoms with Gasteiger partial charge in [-0.1, -0.05) is 13.8 Å². The zero-order valence-electron chi connectivity index (χ0n) is 11.2. The van der Waals surface area contributed by atoms with Crippen LogP contribution >= 0.6 is 0 Å². The van der Waals surface area contributed by atoms with E-state index in [4.69, 9.17) is 4.74 Å². The summed E-state index contributed by atoms with van der Waals surface area (Å²) < 4.78 is 5.62. The minimum atomic E-state index is -0.115. The summed E-state index contributed by atoms with van der Waals surface area (Å²) in [4.78, 5) is 18.7. The standard InChI is InChI=1S/C13H21N3O2/c1-8(2)13-15-11(7-12(17)16-13)14-9(3)10-5-4-6-18-10/h7-10H,4-6H2,1-3H3,(H2,14,15,16,17). The fourth-order valence-electron chi connectivity index (χ4n) is 2.15. The highest BCUT2D eigenvalue weighted by molar-refractivity contribution is 5.34. The molecule has 5 heteroatoms. The second-order valence-electron chi connectivity index (χ2n) is 5.16. The van der Waals surface area contributed by atoms with E-state index in [0.717, 1.165) is 19.4 Å². The second kappa shape index (κ2) is 5.52. The van der Waals surface area contributed by atoms with Crippen LogP contribution in [0.5, 0.6) is 0 Å². The van der Waals surface area contributed by atoms with Gasteiger partial charge in [-0.25, -0.2) is 4.98 Å². The number of anilines is 1. The molecule has 1 aliphatic rings. The molecule has 0 saturated carbocycles. The molecule has 1 fully saturated rings. The lowest BCUT2D eigenvalue weighted by molar-refractivity contribution is 0.0995. The zero-order valence-corrected chi connectivity index (χ0v) is 11.2. The summed E-state index contributed by atoms with van der Waals surface area (Å²) in [6.07, 6.45) is 2.39. The Balaban J connectivity index is 2.10. The minimum Gasteiger partial charge on any atom is -0.376 e. The molecule has 2 heterocycles. The average molecular weight is 251 g/mol. The Kier molecular flexibility index (Phi) is 4.01. The van der Waals surface area contributed by atoms with Crippen molar-refractivity contribution in [2.24, 2.45) is 0 Å². The van der Waals surface area contributed by atoms with Crippen molar-refractivity contribution in [3.63, 3.8) is 0 Å². The summed E-state index contributed by atoms with van der Waals surface area (Å²) in [7, 11) is 0. The molecule has 0 amide bonds. The first-order valence-corrected chi connectivity index (χ1v) is 6.55. The van der Waals surface area contributed by atoms with Crippen LogP contribution in [-0.4, -0.2) is 28.7 Å². The molecule has 1 aliphatic heterocycles. The summed E-state index contributed by atoms with van der Waals surface area (Å²) in [5.74, 6) is 1.55. The molecule has 1 aromatic heterocycles. The average Bonchev–Trinajstić information content (AvgIpc) is 2.81. The van der Waals surface area contributed by atoms with Gasteiger partial charge in [0.2, 0.25) is 0 Å². The molecule has 0 aliphatic carbocycles. The minimum absolute atomic E-state index is 0.115. The Morgan fingerprint density at radius 3 is 2.89 bits per heavy atom. The zero-order chi connectivity index (χ0) is 13.1. The van der Waals surface area contributed by atoms with E-state index in [-0.39, 0.29) is 23.6 Å². The van der Waals surface area contributed by atoms with E-state index >= 15 is 0 Å². The van der Waals surface area contributed by atoms with E-state index in [2.05, 4.69) is 22.2 Å². The molecule has 100 valence electrons. The van der Waals surface area contributed by atoms with Crippen molar-refractivity contribution < 1.29 is 4.74 Å². The van der Waals surface area contributed by atoms with Crippen molar-refractivity contribution in [1.82, 2.24) is 9.97 Å². The van der Waals surface area contributed by atoms with Crippen molar-refractivity contribution in [1.29, 1.82) is 0 Å². The third kappa shape index (κ3) is 3.10. The van der Waals surface area contributed by atoms with Crippen LogP contribution in [0.3, 0.4) is 0 Å². The molecule has 1 aromatic rings. The van der Waals surface area contributed by atoms with Gasteiger partial charge in [0.1, 0.15) is 11.6 Å². The van der Waals surface area contributed by atoms with Gasteiger partial charge in [0.05, 0.1) is 12.1 Å². The lowest BCUT2D eigenvalue weighted by atomic mass is 10.1. The molecular weight excluding hydrogens is 230 g/mol. The van der Waals surface area contributed by atoms with Gasteiger partial charge >= 0.3 is 0 Å². The van der Waals surface area contributed by atoms with E-state index in [1.807, 2.05) is 13.8 Å². The maximum absolute atomic E-state index is 11.6. The Hall–Kier alpha value is -1.36. The smallest absolute Gasteiger partial charge is 0.252 e. The Labute approximate surface area is 107 Å². The Morgan fingerprint density at radius 1 is 1.50 bits per heavy atom. The predicted molar refractivity (Wildman–Crippen MR) is 71.0 cm³/mol. The number of nitrogens with one attached hydrogen (secondary N) is 2. The third-order valence-corrected chi connectivity index (χ3v) is 3.20. The molecule has 0 aromatic carbocycles. The van der Waals surface area contributed by atoms with Crippen LogP contribution in [0.1, 0.15) is 45.4 Å². The van der Waals surface area contributed by atoms with Crippen molar-refractivity contribution in [2.45, 2.75) is 51.7 Å². The number of hydrogen-bond acceptors (Lipinski definition) is 4. The summed E-state index contributed by atoms with van der Waals surface area (Å²) in [5.41, 5.74) is -0.115. The van der Waals surface area contributed by atoms with Crippen molar-refractivity contribution in [2.75, 3.05) is 11.9 Å². The lowest BCUT2D eigenvalue weighted by Gasteiger charge is -2.20. The normalized spacial score (nSPS) is 21.2. The van der Waals surface area contributed by atoms with Crippen LogP contribution in [0.25, 0.3) is 0 Å². The molecular formula is C13H21N3O2. The number of ether oxygens (including phenoxy) is 1. The molecule has 2 unspecified atom stereocenters. The first-order valence-electron chi connectivity index (χ1n) is 6.55.